The minimum Gasteiger partial charge on any atom is -0.315 e. The van der Waals surface area contributed by atoms with Crippen LogP contribution in [0.25, 0.3) is 10.2 Å². The van der Waals surface area contributed by atoms with Gasteiger partial charge in [0.15, 0.2) is 6.54 Å². The Morgan fingerprint density at radius 1 is 1.22 bits per heavy atom. The maximum absolute atomic E-state index is 11.6. The Hall–Kier alpha value is -1.91. The lowest BCUT2D eigenvalue weighted by Crippen LogP contribution is -2.35. The summed E-state index contributed by atoms with van der Waals surface area (Å²) >= 11 is 7.73. The van der Waals surface area contributed by atoms with E-state index in [1.807, 2.05) is 30.3 Å². The number of carbonyl (C=O) groups is 1. The number of aryl methyl sites for hydroxylation is 1. The van der Waals surface area contributed by atoms with Crippen molar-refractivity contribution in [3.8, 4) is 0 Å². The van der Waals surface area contributed by atoms with Gasteiger partial charge in [0, 0.05) is 43.2 Å². The lowest BCUT2D eigenvalue weighted by molar-refractivity contribution is -0.663. The van der Waals surface area contributed by atoms with Gasteiger partial charge in [-0.15, -0.1) is 0 Å². The van der Waals surface area contributed by atoms with Crippen LogP contribution in [0.1, 0.15) is 17.5 Å². The zero-order chi connectivity index (χ0) is 16.6. The molecule has 0 aliphatic heterocycles. The summed E-state index contributed by atoms with van der Waals surface area (Å²) in [6.45, 7) is 4.48. The molecule has 118 valence electrons. The van der Waals surface area contributed by atoms with E-state index < -0.39 is 0 Å². The van der Waals surface area contributed by atoms with Crippen LogP contribution in [-0.2, 0) is 11.3 Å². The number of hydrogen-bond donors (Lipinski definition) is 0. The average Bonchev–Trinajstić information content (AvgIpc) is 2.84. The molecule has 1 heterocycles. The molecule has 0 saturated heterocycles. The normalized spacial score (nSPS) is 11.0. The van der Waals surface area contributed by atoms with E-state index in [2.05, 4.69) is 23.6 Å². The molecular formula is C18H18ClN2OS+. The van der Waals surface area contributed by atoms with Crippen LogP contribution in [0.4, 0.5) is 5.69 Å². The molecule has 0 atom stereocenters. The van der Waals surface area contributed by atoms with Crippen molar-refractivity contribution in [2.24, 2.45) is 0 Å². The molecule has 3 rings (SSSR count). The van der Waals surface area contributed by atoms with Crippen molar-refractivity contribution in [3.05, 3.63) is 58.1 Å². The van der Waals surface area contributed by atoms with Gasteiger partial charge < -0.3 is 4.90 Å². The number of nitrogens with zero attached hydrogens (tertiary/aromatic N) is 2. The number of anilines is 1. The minimum absolute atomic E-state index is 0.0283. The summed E-state index contributed by atoms with van der Waals surface area (Å²) in [5.74, 6) is 0.0283. The fourth-order valence-corrected chi connectivity index (χ4v) is 3.67. The summed E-state index contributed by atoms with van der Waals surface area (Å²) < 4.78 is 3.50. The highest BCUT2D eigenvalue weighted by Crippen LogP contribution is 2.25. The van der Waals surface area contributed by atoms with E-state index in [-0.39, 0.29) is 5.91 Å². The summed E-state index contributed by atoms with van der Waals surface area (Å²) in [6, 6.07) is 14.1. The molecule has 0 bridgehead atoms. The summed E-state index contributed by atoms with van der Waals surface area (Å²) in [5.41, 5.74) is 3.26. The Morgan fingerprint density at radius 2 is 1.91 bits per heavy atom. The van der Waals surface area contributed by atoms with Crippen LogP contribution in [0, 0.1) is 6.92 Å². The fourth-order valence-electron chi connectivity index (χ4n) is 2.55. The fraction of sp³-hybridized carbons (Fsp3) is 0.222. The molecule has 3 nitrogen and oxygen atoms in total. The molecule has 3 aromatic rings. The summed E-state index contributed by atoms with van der Waals surface area (Å²) in [4.78, 5) is 13.3. The first kappa shape index (κ1) is 16.0. The van der Waals surface area contributed by atoms with E-state index >= 15 is 0 Å². The molecular weight excluding hydrogens is 328 g/mol. The molecule has 0 N–H and O–H groups in total. The second-order valence-corrected chi connectivity index (χ2v) is 7.23. The first-order valence-electron chi connectivity index (χ1n) is 7.37. The molecule has 0 radical (unpaired) electrons. The van der Waals surface area contributed by atoms with Gasteiger partial charge in [0.05, 0.1) is 0 Å². The third kappa shape index (κ3) is 3.23. The zero-order valence-electron chi connectivity index (χ0n) is 13.3. The Balaban J connectivity index is 2.04. The summed E-state index contributed by atoms with van der Waals surface area (Å²) in [5, 5.41) is 1.98. The van der Waals surface area contributed by atoms with Crippen LogP contribution in [0.15, 0.2) is 42.5 Å². The Bertz CT molecular complexity index is 871. The number of hydrogen-bond acceptors (Lipinski definition) is 2. The van der Waals surface area contributed by atoms with Gasteiger partial charge in [0.1, 0.15) is 4.70 Å². The van der Waals surface area contributed by atoms with E-state index in [4.69, 9.17) is 11.6 Å². The minimum atomic E-state index is 0.0283. The molecule has 5 heteroatoms. The van der Waals surface area contributed by atoms with Gasteiger partial charge in [0.25, 0.3) is 0 Å². The van der Waals surface area contributed by atoms with Crippen molar-refractivity contribution in [3.63, 3.8) is 0 Å². The predicted octanol–water partition coefficient (Wildman–Crippen LogP) is 4.18. The molecule has 0 unspecified atom stereocenters. The molecule has 23 heavy (non-hydrogen) atoms. The molecule has 0 aliphatic carbocycles. The van der Waals surface area contributed by atoms with Gasteiger partial charge in [0.2, 0.25) is 16.4 Å². The number of fused-ring (bicyclic) bond motifs is 1. The zero-order valence-corrected chi connectivity index (χ0v) is 14.9. The number of benzene rings is 2. The Kier molecular flexibility index (Phi) is 4.37. The quantitative estimate of drug-likeness (QED) is 0.653. The van der Waals surface area contributed by atoms with Crippen LogP contribution < -0.4 is 9.47 Å². The van der Waals surface area contributed by atoms with Crippen LogP contribution in [0.5, 0.6) is 0 Å². The molecule has 1 aromatic heterocycles. The van der Waals surface area contributed by atoms with E-state index in [9.17, 15) is 4.79 Å². The molecule has 1 amide bonds. The van der Waals surface area contributed by atoms with Crippen molar-refractivity contribution < 1.29 is 9.36 Å². The van der Waals surface area contributed by atoms with Crippen molar-refractivity contribution in [1.82, 2.24) is 0 Å². The van der Waals surface area contributed by atoms with Crippen molar-refractivity contribution in [2.75, 3.05) is 11.9 Å². The Morgan fingerprint density at radius 3 is 2.57 bits per heavy atom. The number of aromatic nitrogens is 1. The van der Waals surface area contributed by atoms with E-state index in [1.54, 1.807) is 30.2 Å². The predicted molar refractivity (Wildman–Crippen MR) is 96.4 cm³/mol. The number of amides is 1. The van der Waals surface area contributed by atoms with Crippen molar-refractivity contribution in [1.29, 1.82) is 0 Å². The molecule has 0 spiro atoms. The first-order chi connectivity index (χ1) is 11.0. The highest BCUT2D eigenvalue weighted by molar-refractivity contribution is 7.18. The van der Waals surface area contributed by atoms with Gasteiger partial charge in [-0.2, -0.15) is 4.57 Å². The maximum atomic E-state index is 11.6. The third-order valence-electron chi connectivity index (χ3n) is 3.98. The van der Waals surface area contributed by atoms with E-state index in [0.29, 0.717) is 0 Å². The highest BCUT2D eigenvalue weighted by atomic mass is 35.5. The van der Waals surface area contributed by atoms with Gasteiger partial charge in [-0.05, 0) is 24.3 Å². The number of rotatable bonds is 3. The SMILES string of the molecule is CC(=O)N(C)c1ccc2sc(C)[n+](Cc3ccc(Cl)cc3)c2c1. The van der Waals surface area contributed by atoms with Crippen LogP contribution >= 0.6 is 22.9 Å². The lowest BCUT2D eigenvalue weighted by atomic mass is 10.2. The number of halogens is 1. The molecule has 0 fully saturated rings. The second-order valence-electron chi connectivity index (χ2n) is 5.56. The third-order valence-corrected chi connectivity index (χ3v) is 5.32. The highest BCUT2D eigenvalue weighted by Gasteiger charge is 2.19. The van der Waals surface area contributed by atoms with Gasteiger partial charge in [-0.3, -0.25) is 4.79 Å². The largest absolute Gasteiger partial charge is 0.315 e. The standard InChI is InChI=1S/C18H18ClN2OS/c1-12(22)20(3)16-8-9-18-17(10-16)21(13(2)23-18)11-14-4-6-15(19)7-5-14/h4-10H,11H2,1-3H3/q+1. The number of carbonyl (C=O) groups excluding carboxylic acids is 1. The lowest BCUT2D eigenvalue weighted by Gasteiger charge is -2.13. The maximum Gasteiger partial charge on any atom is 0.235 e. The Labute approximate surface area is 144 Å². The van der Waals surface area contributed by atoms with Crippen LogP contribution in [-0.4, -0.2) is 13.0 Å². The van der Waals surface area contributed by atoms with E-state index in [1.165, 1.54) is 15.3 Å². The number of thiazole rings is 1. The monoisotopic (exact) mass is 345 g/mol. The van der Waals surface area contributed by atoms with Crippen molar-refractivity contribution in [2.45, 2.75) is 20.4 Å². The van der Waals surface area contributed by atoms with Crippen LogP contribution in [0.3, 0.4) is 0 Å². The van der Waals surface area contributed by atoms with Crippen molar-refractivity contribution >= 4 is 44.7 Å². The summed E-state index contributed by atoms with van der Waals surface area (Å²) in [7, 11) is 1.80. The topological polar surface area (TPSA) is 24.2 Å². The summed E-state index contributed by atoms with van der Waals surface area (Å²) in [6.07, 6.45) is 0. The molecule has 2 aromatic carbocycles. The van der Waals surface area contributed by atoms with Gasteiger partial charge in [-0.1, -0.05) is 35.1 Å². The smallest absolute Gasteiger partial charge is 0.235 e. The molecule has 0 aliphatic rings. The van der Waals surface area contributed by atoms with Gasteiger partial charge >= 0.3 is 0 Å². The average molecular weight is 346 g/mol. The van der Waals surface area contributed by atoms with Crippen LogP contribution in [0.2, 0.25) is 5.02 Å². The second kappa shape index (κ2) is 6.30. The first-order valence-corrected chi connectivity index (χ1v) is 8.57. The van der Waals surface area contributed by atoms with E-state index in [0.717, 1.165) is 22.8 Å². The van der Waals surface area contributed by atoms with Gasteiger partial charge in [-0.25, -0.2) is 0 Å². The molecule has 0 saturated carbocycles.